The van der Waals surface area contributed by atoms with Crippen LogP contribution in [-0.2, 0) is 19.0 Å². The third-order valence-corrected chi connectivity index (χ3v) is 2.33. The fourth-order valence-electron chi connectivity index (χ4n) is 0.983. The molecular weight excluding hydrogens is 302 g/mol. The number of hydrogen-bond acceptors (Lipinski definition) is 4. The molecule has 0 aromatic carbocycles. The Bertz CT molecular complexity index is 243. The number of rotatable bonds is 12. The second kappa shape index (κ2) is 14.5. The zero-order valence-corrected chi connectivity index (χ0v) is 12.0. The minimum Gasteiger partial charge on any atom is -0.378 e. The quantitative estimate of drug-likeness (QED) is 0.324. The molecule has 18 heavy (non-hydrogen) atoms. The molecule has 0 aromatic heterocycles. The Labute approximate surface area is 117 Å². The Hall–Kier alpha value is -0.610. The minimum atomic E-state index is -0.0426. The number of carbonyl (C=O) groups excluding carboxylic acids is 1. The number of amides is 1. The van der Waals surface area contributed by atoms with Gasteiger partial charge in [-0.1, -0.05) is 15.9 Å². The molecule has 0 aliphatic rings. The summed E-state index contributed by atoms with van der Waals surface area (Å²) in [5.41, 5.74) is 0. The molecule has 0 atom stereocenters. The van der Waals surface area contributed by atoms with Crippen molar-refractivity contribution < 1.29 is 19.0 Å². The normalized spacial score (nSPS) is 10.0. The fourth-order valence-corrected chi connectivity index (χ4v) is 1.18. The van der Waals surface area contributed by atoms with E-state index in [0.717, 1.165) is 0 Å². The maximum absolute atomic E-state index is 10.8. The van der Waals surface area contributed by atoms with Crippen LogP contribution in [0.25, 0.3) is 0 Å². The highest BCUT2D eigenvalue weighted by Crippen LogP contribution is 1.83. The Morgan fingerprint density at radius 2 is 1.61 bits per heavy atom. The summed E-state index contributed by atoms with van der Waals surface area (Å²) in [7, 11) is 0. The van der Waals surface area contributed by atoms with Crippen LogP contribution in [0.3, 0.4) is 0 Å². The lowest BCUT2D eigenvalue weighted by molar-refractivity contribution is -0.118. The molecule has 0 unspecified atom stereocenters. The topological polar surface area (TPSA) is 56.8 Å². The number of terminal acetylenes is 1. The number of nitrogens with one attached hydrogen (secondary N) is 1. The highest BCUT2D eigenvalue weighted by Gasteiger charge is 1.96. The van der Waals surface area contributed by atoms with Gasteiger partial charge in [0.1, 0.15) is 0 Å². The molecule has 1 N–H and O–H groups in total. The van der Waals surface area contributed by atoms with E-state index in [-0.39, 0.29) is 5.91 Å². The Balaban J connectivity index is 2.99. The van der Waals surface area contributed by atoms with Gasteiger partial charge in [0.2, 0.25) is 5.91 Å². The maximum Gasteiger partial charge on any atom is 0.230 e. The van der Waals surface area contributed by atoms with Crippen LogP contribution >= 0.6 is 15.9 Å². The molecule has 0 rings (SSSR count). The number of ether oxygens (including phenoxy) is 3. The molecule has 0 aromatic rings. The zero-order valence-electron chi connectivity index (χ0n) is 10.5. The summed E-state index contributed by atoms with van der Waals surface area (Å²) in [4.78, 5) is 10.8. The number of hydrogen-bond donors (Lipinski definition) is 1. The van der Waals surface area contributed by atoms with Crippen molar-refractivity contribution in [1.29, 1.82) is 0 Å². The average Bonchev–Trinajstić information content (AvgIpc) is 2.39. The first-order valence-corrected chi connectivity index (χ1v) is 6.92. The van der Waals surface area contributed by atoms with Gasteiger partial charge in [-0.15, -0.1) is 12.3 Å². The summed E-state index contributed by atoms with van der Waals surface area (Å²) >= 11 is 3.05. The van der Waals surface area contributed by atoms with Gasteiger partial charge in [-0.25, -0.2) is 0 Å². The molecule has 0 bridgehead atoms. The van der Waals surface area contributed by atoms with E-state index in [0.29, 0.717) is 57.9 Å². The number of alkyl halides is 1. The minimum absolute atomic E-state index is 0.0426. The summed E-state index contributed by atoms with van der Waals surface area (Å²) < 4.78 is 15.7. The van der Waals surface area contributed by atoms with Gasteiger partial charge in [0.05, 0.1) is 45.0 Å². The van der Waals surface area contributed by atoms with Crippen molar-refractivity contribution >= 4 is 21.8 Å². The van der Waals surface area contributed by atoms with Gasteiger partial charge >= 0.3 is 0 Å². The molecule has 0 heterocycles. The molecular formula is C12H20BrNO4. The van der Waals surface area contributed by atoms with Gasteiger partial charge in [-0.3, -0.25) is 4.79 Å². The standard InChI is InChI=1S/C12H20BrNO4/c1-2-3-5-16-7-9-18-10-8-17-6-4-14-12(15)11-13/h1H,3-11H2,(H,14,15). The van der Waals surface area contributed by atoms with Crippen molar-refractivity contribution in [1.82, 2.24) is 5.32 Å². The van der Waals surface area contributed by atoms with Crippen LogP contribution in [0.15, 0.2) is 0 Å². The summed E-state index contributed by atoms with van der Waals surface area (Å²) in [6.45, 7) is 3.68. The van der Waals surface area contributed by atoms with Gasteiger partial charge in [0, 0.05) is 13.0 Å². The molecule has 0 aliphatic heterocycles. The summed E-state index contributed by atoms with van der Waals surface area (Å²) in [5, 5.41) is 2.99. The molecule has 0 fully saturated rings. The first-order valence-electron chi connectivity index (χ1n) is 5.80. The van der Waals surface area contributed by atoms with Crippen LogP contribution in [0.4, 0.5) is 0 Å². The third-order valence-electron chi connectivity index (χ3n) is 1.82. The lowest BCUT2D eigenvalue weighted by Crippen LogP contribution is -2.28. The Kier molecular flexibility index (Phi) is 14.0. The molecule has 0 aliphatic carbocycles. The molecule has 5 nitrogen and oxygen atoms in total. The average molecular weight is 322 g/mol. The van der Waals surface area contributed by atoms with Crippen LogP contribution in [-0.4, -0.2) is 57.4 Å². The van der Waals surface area contributed by atoms with E-state index in [1.807, 2.05) is 0 Å². The number of carbonyl (C=O) groups is 1. The summed E-state index contributed by atoms with van der Waals surface area (Å²) in [6, 6.07) is 0. The van der Waals surface area contributed by atoms with Crippen molar-refractivity contribution in [2.75, 3.05) is 51.5 Å². The van der Waals surface area contributed by atoms with Gasteiger partial charge < -0.3 is 19.5 Å². The molecule has 0 saturated heterocycles. The Morgan fingerprint density at radius 1 is 1.06 bits per heavy atom. The van der Waals surface area contributed by atoms with Gasteiger partial charge in [0.25, 0.3) is 0 Å². The SMILES string of the molecule is C#CCCOCCOCCOCCNC(=O)CBr. The first kappa shape index (κ1) is 17.4. The Morgan fingerprint density at radius 3 is 2.17 bits per heavy atom. The molecule has 0 radical (unpaired) electrons. The van der Waals surface area contributed by atoms with Gasteiger partial charge in [0.15, 0.2) is 0 Å². The van der Waals surface area contributed by atoms with Gasteiger partial charge in [-0.2, -0.15) is 0 Å². The van der Waals surface area contributed by atoms with Crippen molar-refractivity contribution in [3.63, 3.8) is 0 Å². The first-order chi connectivity index (χ1) is 8.81. The van der Waals surface area contributed by atoms with E-state index >= 15 is 0 Å². The number of halogens is 1. The van der Waals surface area contributed by atoms with Crippen LogP contribution < -0.4 is 5.32 Å². The van der Waals surface area contributed by atoms with Crippen molar-refractivity contribution in [3.8, 4) is 12.3 Å². The van der Waals surface area contributed by atoms with Crippen LogP contribution in [0, 0.1) is 12.3 Å². The van der Waals surface area contributed by atoms with E-state index < -0.39 is 0 Å². The van der Waals surface area contributed by atoms with Gasteiger partial charge in [-0.05, 0) is 0 Å². The van der Waals surface area contributed by atoms with Crippen LogP contribution in [0.2, 0.25) is 0 Å². The van der Waals surface area contributed by atoms with E-state index in [2.05, 4.69) is 27.2 Å². The second-order valence-corrected chi connectivity index (χ2v) is 3.84. The van der Waals surface area contributed by atoms with Crippen molar-refractivity contribution in [3.05, 3.63) is 0 Å². The van der Waals surface area contributed by atoms with Crippen LogP contribution in [0.5, 0.6) is 0 Å². The lowest BCUT2D eigenvalue weighted by Gasteiger charge is -2.06. The fraction of sp³-hybridized carbons (Fsp3) is 0.750. The molecule has 0 spiro atoms. The molecule has 1 amide bonds. The maximum atomic E-state index is 10.8. The van der Waals surface area contributed by atoms with E-state index in [9.17, 15) is 4.79 Å². The molecule has 6 heteroatoms. The van der Waals surface area contributed by atoms with Crippen molar-refractivity contribution in [2.24, 2.45) is 0 Å². The second-order valence-electron chi connectivity index (χ2n) is 3.27. The highest BCUT2D eigenvalue weighted by molar-refractivity contribution is 9.09. The zero-order chi connectivity index (χ0) is 13.5. The third kappa shape index (κ3) is 13.5. The largest absolute Gasteiger partial charge is 0.378 e. The lowest BCUT2D eigenvalue weighted by atomic mass is 10.5. The monoisotopic (exact) mass is 321 g/mol. The van der Waals surface area contributed by atoms with Crippen LogP contribution in [0.1, 0.15) is 6.42 Å². The smallest absolute Gasteiger partial charge is 0.230 e. The van der Waals surface area contributed by atoms with E-state index in [1.165, 1.54) is 0 Å². The highest BCUT2D eigenvalue weighted by atomic mass is 79.9. The molecule has 104 valence electrons. The molecule has 0 saturated carbocycles. The van der Waals surface area contributed by atoms with Crippen molar-refractivity contribution in [2.45, 2.75) is 6.42 Å². The predicted molar refractivity (Wildman–Crippen MR) is 72.7 cm³/mol. The summed E-state index contributed by atoms with van der Waals surface area (Å²) in [6.07, 6.45) is 5.70. The summed E-state index contributed by atoms with van der Waals surface area (Å²) in [5.74, 6) is 2.45. The van der Waals surface area contributed by atoms with E-state index in [4.69, 9.17) is 20.6 Å². The van der Waals surface area contributed by atoms with E-state index in [1.54, 1.807) is 0 Å². The predicted octanol–water partition coefficient (Wildman–Crippen LogP) is 0.571.